The number of aliphatic imine (C=N–C) groups is 1. The van der Waals surface area contributed by atoms with Crippen LogP contribution in [-0.4, -0.2) is 64.0 Å². The van der Waals surface area contributed by atoms with E-state index in [1.807, 2.05) is 24.3 Å². The number of sulfonamides is 1. The number of benzene rings is 1. The molecular formula is C17H25F3N4O3S. The SMILES string of the molecule is CN=C(NCCc1cccc(OC)c1)NC1CCN(S(=O)(=O)C(F)(F)F)CC1. The summed E-state index contributed by atoms with van der Waals surface area (Å²) in [6, 6.07) is 7.54. The fourth-order valence-corrected chi connectivity index (χ4v) is 3.91. The van der Waals surface area contributed by atoms with Crippen molar-refractivity contribution in [2.24, 2.45) is 4.99 Å². The number of nitrogens with zero attached hydrogens (tertiary/aromatic N) is 2. The van der Waals surface area contributed by atoms with Gasteiger partial charge in [-0.25, -0.2) is 8.42 Å². The minimum Gasteiger partial charge on any atom is -0.497 e. The summed E-state index contributed by atoms with van der Waals surface area (Å²) in [5.74, 6) is 1.31. The maximum atomic E-state index is 12.6. The third kappa shape index (κ3) is 5.74. The van der Waals surface area contributed by atoms with Gasteiger partial charge in [-0.15, -0.1) is 0 Å². The number of hydrogen-bond donors (Lipinski definition) is 2. The van der Waals surface area contributed by atoms with Crippen molar-refractivity contribution in [2.75, 3.05) is 33.8 Å². The Balaban J connectivity index is 1.80. The third-order valence-corrected chi connectivity index (χ3v) is 6.12. The molecule has 0 saturated carbocycles. The Morgan fingerprint density at radius 3 is 2.57 bits per heavy atom. The van der Waals surface area contributed by atoms with Crippen LogP contribution in [0.25, 0.3) is 0 Å². The highest BCUT2D eigenvalue weighted by molar-refractivity contribution is 7.90. The summed E-state index contributed by atoms with van der Waals surface area (Å²) in [4.78, 5) is 4.11. The molecule has 2 N–H and O–H groups in total. The molecule has 0 atom stereocenters. The maximum Gasteiger partial charge on any atom is 0.511 e. The van der Waals surface area contributed by atoms with E-state index in [1.165, 1.54) is 0 Å². The van der Waals surface area contributed by atoms with Gasteiger partial charge in [0.25, 0.3) is 0 Å². The Morgan fingerprint density at radius 2 is 2.00 bits per heavy atom. The average Bonchev–Trinajstić information content (AvgIpc) is 2.67. The van der Waals surface area contributed by atoms with Crippen LogP contribution in [0.1, 0.15) is 18.4 Å². The molecule has 0 aromatic heterocycles. The molecule has 0 unspecified atom stereocenters. The monoisotopic (exact) mass is 422 g/mol. The number of guanidine groups is 1. The number of piperidine rings is 1. The molecule has 11 heteroatoms. The van der Waals surface area contributed by atoms with Gasteiger partial charge in [-0.1, -0.05) is 12.1 Å². The summed E-state index contributed by atoms with van der Waals surface area (Å²) in [6.45, 7) is 0.245. The van der Waals surface area contributed by atoms with Gasteiger partial charge in [0.1, 0.15) is 5.75 Å². The number of ether oxygens (including phenoxy) is 1. The highest BCUT2D eigenvalue weighted by Crippen LogP contribution is 2.28. The Bertz CT molecular complexity index is 776. The van der Waals surface area contributed by atoms with Crippen LogP contribution in [0.3, 0.4) is 0 Å². The van der Waals surface area contributed by atoms with Gasteiger partial charge < -0.3 is 15.4 Å². The summed E-state index contributed by atoms with van der Waals surface area (Å²) in [5.41, 5.74) is -4.17. The second-order valence-corrected chi connectivity index (χ2v) is 8.30. The molecule has 1 aliphatic rings. The third-order valence-electron chi connectivity index (χ3n) is 4.49. The summed E-state index contributed by atoms with van der Waals surface area (Å²) in [5, 5.41) is 6.29. The molecule has 0 aliphatic carbocycles. The van der Waals surface area contributed by atoms with Crippen molar-refractivity contribution in [3.05, 3.63) is 29.8 Å². The van der Waals surface area contributed by atoms with Gasteiger partial charge in [0, 0.05) is 32.7 Å². The molecule has 0 bridgehead atoms. The fraction of sp³-hybridized carbons (Fsp3) is 0.588. The molecule has 1 heterocycles. The van der Waals surface area contributed by atoms with Crippen LogP contribution >= 0.6 is 0 Å². The van der Waals surface area contributed by atoms with E-state index in [4.69, 9.17) is 4.74 Å². The van der Waals surface area contributed by atoms with Gasteiger partial charge >= 0.3 is 15.5 Å². The molecule has 1 aromatic carbocycles. The summed E-state index contributed by atoms with van der Waals surface area (Å²) >= 11 is 0. The largest absolute Gasteiger partial charge is 0.511 e. The molecule has 7 nitrogen and oxygen atoms in total. The van der Waals surface area contributed by atoms with E-state index in [0.29, 0.717) is 16.8 Å². The van der Waals surface area contributed by atoms with Crippen LogP contribution in [-0.2, 0) is 16.4 Å². The van der Waals surface area contributed by atoms with E-state index in [2.05, 4.69) is 15.6 Å². The zero-order chi connectivity index (χ0) is 20.8. The number of alkyl halides is 3. The number of methoxy groups -OCH3 is 1. The minimum atomic E-state index is -5.26. The van der Waals surface area contributed by atoms with E-state index >= 15 is 0 Å². The predicted octanol–water partition coefficient (Wildman–Crippen LogP) is 1.72. The van der Waals surface area contributed by atoms with E-state index < -0.39 is 15.5 Å². The van der Waals surface area contributed by atoms with Crippen LogP contribution in [0.15, 0.2) is 29.3 Å². The molecule has 158 valence electrons. The van der Waals surface area contributed by atoms with Gasteiger partial charge in [0.2, 0.25) is 0 Å². The Morgan fingerprint density at radius 1 is 1.32 bits per heavy atom. The first kappa shape index (κ1) is 22.3. The van der Waals surface area contributed by atoms with Gasteiger partial charge in [0.15, 0.2) is 5.96 Å². The lowest BCUT2D eigenvalue weighted by Gasteiger charge is -2.32. The van der Waals surface area contributed by atoms with Gasteiger partial charge in [-0.05, 0) is 37.0 Å². The molecule has 0 radical (unpaired) electrons. The summed E-state index contributed by atoms with van der Waals surface area (Å²) < 4.78 is 66.4. The Labute approximate surface area is 163 Å². The van der Waals surface area contributed by atoms with Gasteiger partial charge in [-0.2, -0.15) is 17.5 Å². The second kappa shape index (κ2) is 9.46. The van der Waals surface area contributed by atoms with Crippen LogP contribution in [0.5, 0.6) is 5.75 Å². The van der Waals surface area contributed by atoms with Crippen molar-refractivity contribution in [1.29, 1.82) is 0 Å². The molecule has 1 aromatic rings. The molecular weight excluding hydrogens is 397 g/mol. The highest BCUT2D eigenvalue weighted by atomic mass is 32.2. The first-order valence-corrected chi connectivity index (χ1v) is 10.3. The summed E-state index contributed by atoms with van der Waals surface area (Å²) in [7, 11) is -2.05. The molecule has 0 amide bonds. The molecule has 2 rings (SSSR count). The Kier molecular flexibility index (Phi) is 7.53. The molecule has 1 aliphatic heterocycles. The van der Waals surface area contributed by atoms with Crippen molar-refractivity contribution in [3.63, 3.8) is 0 Å². The lowest BCUT2D eigenvalue weighted by Crippen LogP contribution is -2.51. The lowest BCUT2D eigenvalue weighted by atomic mass is 10.1. The maximum absolute atomic E-state index is 12.6. The molecule has 1 saturated heterocycles. The van der Waals surface area contributed by atoms with Crippen LogP contribution in [0.2, 0.25) is 0 Å². The van der Waals surface area contributed by atoms with Crippen LogP contribution in [0, 0.1) is 0 Å². The van der Waals surface area contributed by atoms with E-state index in [1.54, 1.807) is 14.2 Å². The van der Waals surface area contributed by atoms with Crippen molar-refractivity contribution in [3.8, 4) is 5.75 Å². The zero-order valence-electron chi connectivity index (χ0n) is 15.8. The average molecular weight is 422 g/mol. The van der Waals surface area contributed by atoms with E-state index in [-0.39, 0.29) is 32.0 Å². The minimum absolute atomic E-state index is 0.150. The second-order valence-electron chi connectivity index (χ2n) is 6.37. The molecule has 0 spiro atoms. The smallest absolute Gasteiger partial charge is 0.497 e. The topological polar surface area (TPSA) is 83.0 Å². The predicted molar refractivity (Wildman–Crippen MR) is 101 cm³/mol. The van der Waals surface area contributed by atoms with Crippen molar-refractivity contribution >= 4 is 16.0 Å². The van der Waals surface area contributed by atoms with Crippen LogP contribution < -0.4 is 15.4 Å². The quantitative estimate of drug-likeness (QED) is 0.539. The van der Waals surface area contributed by atoms with Gasteiger partial charge in [0.05, 0.1) is 7.11 Å². The van der Waals surface area contributed by atoms with Crippen molar-refractivity contribution < 1.29 is 26.3 Å². The highest BCUT2D eigenvalue weighted by Gasteiger charge is 2.50. The first-order chi connectivity index (χ1) is 13.2. The zero-order valence-corrected chi connectivity index (χ0v) is 16.6. The van der Waals surface area contributed by atoms with Crippen molar-refractivity contribution in [1.82, 2.24) is 14.9 Å². The van der Waals surface area contributed by atoms with E-state index in [0.717, 1.165) is 17.7 Å². The van der Waals surface area contributed by atoms with Gasteiger partial charge in [-0.3, -0.25) is 4.99 Å². The van der Waals surface area contributed by atoms with Crippen LogP contribution in [0.4, 0.5) is 13.2 Å². The number of hydrogen-bond acceptors (Lipinski definition) is 4. The normalized spacial score (nSPS) is 17.4. The first-order valence-electron chi connectivity index (χ1n) is 8.84. The Hall–Kier alpha value is -2.01. The number of rotatable bonds is 6. The molecule has 1 fully saturated rings. The number of nitrogens with one attached hydrogen (secondary N) is 2. The standard InChI is InChI=1S/C17H25F3N4O3S/c1-21-16(22-9-6-13-4-3-5-15(12-13)27-2)23-14-7-10-24(11-8-14)28(25,26)17(18,19)20/h3-5,12,14H,6-11H2,1-2H3,(H2,21,22,23). The number of halogens is 3. The van der Waals surface area contributed by atoms with E-state index in [9.17, 15) is 21.6 Å². The van der Waals surface area contributed by atoms with Crippen molar-refractivity contribution in [2.45, 2.75) is 30.8 Å². The fourth-order valence-electron chi connectivity index (χ4n) is 2.93. The summed E-state index contributed by atoms with van der Waals surface area (Å²) in [6.07, 6.45) is 1.28. The lowest BCUT2D eigenvalue weighted by molar-refractivity contribution is -0.0494. The molecule has 28 heavy (non-hydrogen) atoms.